The lowest BCUT2D eigenvalue weighted by Crippen LogP contribution is -2.52. The standard InChI is InChI=1S/C23H24N4O5S.C5H10O2/c1-14-17-18(28)27(23(2,3)21(29)30)22(31)25(13-10-15-8-5-6-9-16(15)32-4)20(17)33-19(14)26-12-7-11-24-26;6-5-1-3-7-4-2-5/h5-9,11-12H,10,13H2,1-4H3,(H,29,30);5-6H,1-4H2. The van der Waals surface area contributed by atoms with E-state index < -0.39 is 22.8 Å². The van der Waals surface area contributed by atoms with Crippen LogP contribution < -0.4 is 16.0 Å². The second kappa shape index (κ2) is 12.2. The van der Waals surface area contributed by atoms with E-state index in [9.17, 15) is 19.5 Å². The number of aliphatic hydroxyl groups is 1. The highest BCUT2D eigenvalue weighted by atomic mass is 32.1. The normalized spacial score (nSPS) is 14.1. The van der Waals surface area contributed by atoms with Crippen molar-refractivity contribution in [1.29, 1.82) is 0 Å². The van der Waals surface area contributed by atoms with Gasteiger partial charge in [-0.2, -0.15) is 5.10 Å². The van der Waals surface area contributed by atoms with Crippen molar-refractivity contribution in [2.75, 3.05) is 20.3 Å². The lowest BCUT2D eigenvalue weighted by atomic mass is 10.1. The van der Waals surface area contributed by atoms with Gasteiger partial charge in [0.25, 0.3) is 5.56 Å². The van der Waals surface area contributed by atoms with Crippen LogP contribution in [0.1, 0.15) is 37.8 Å². The van der Waals surface area contributed by atoms with Crippen molar-refractivity contribution in [3.63, 3.8) is 0 Å². The number of carboxylic acid groups (broad SMARTS) is 1. The minimum absolute atomic E-state index is 0.0891. The largest absolute Gasteiger partial charge is 0.496 e. The Morgan fingerprint density at radius 2 is 1.90 bits per heavy atom. The third kappa shape index (κ3) is 5.74. The molecule has 2 N–H and O–H groups in total. The summed E-state index contributed by atoms with van der Waals surface area (Å²) in [4.78, 5) is 39.5. The SMILES string of the molecule is COc1ccccc1CCn1c(=O)n(C(C)(C)C(=O)O)c(=O)c2c(C)c(-n3cccn3)sc21.OC1CCOCC1. The van der Waals surface area contributed by atoms with Crippen LogP contribution >= 0.6 is 11.3 Å². The highest BCUT2D eigenvalue weighted by Crippen LogP contribution is 2.31. The minimum Gasteiger partial charge on any atom is -0.496 e. The maximum Gasteiger partial charge on any atom is 0.333 e. The van der Waals surface area contributed by atoms with Crippen LogP contribution in [0.25, 0.3) is 15.2 Å². The summed E-state index contributed by atoms with van der Waals surface area (Å²) in [6.07, 6.45) is 5.39. The first-order chi connectivity index (χ1) is 19.1. The second-order valence-corrected chi connectivity index (χ2v) is 11.0. The number of methoxy groups -OCH3 is 1. The number of benzene rings is 1. The summed E-state index contributed by atoms with van der Waals surface area (Å²) in [5.41, 5.74) is -1.47. The summed E-state index contributed by atoms with van der Waals surface area (Å²) in [5, 5.41) is 23.9. The fourth-order valence-corrected chi connectivity index (χ4v) is 5.82. The van der Waals surface area contributed by atoms with Crippen LogP contribution in [0.4, 0.5) is 0 Å². The maximum atomic E-state index is 13.6. The summed E-state index contributed by atoms with van der Waals surface area (Å²) in [7, 11) is 1.58. The van der Waals surface area contributed by atoms with Crippen LogP contribution in [0.2, 0.25) is 0 Å². The van der Waals surface area contributed by atoms with Crippen LogP contribution in [0.15, 0.2) is 52.3 Å². The van der Waals surface area contributed by atoms with Crippen molar-refractivity contribution in [3.05, 3.63) is 74.7 Å². The number of ether oxygens (including phenoxy) is 2. The van der Waals surface area contributed by atoms with Gasteiger partial charge in [0, 0.05) is 37.7 Å². The zero-order chi connectivity index (χ0) is 29.0. The summed E-state index contributed by atoms with van der Waals surface area (Å²) in [5.74, 6) is -0.571. The number of nitrogens with zero attached hydrogens (tertiary/aromatic N) is 4. The zero-order valence-corrected chi connectivity index (χ0v) is 23.8. The molecule has 214 valence electrons. The van der Waals surface area contributed by atoms with E-state index in [1.165, 1.54) is 29.8 Å². The molecule has 0 saturated carbocycles. The van der Waals surface area contributed by atoms with Gasteiger partial charge in [0.2, 0.25) is 0 Å². The van der Waals surface area contributed by atoms with E-state index in [2.05, 4.69) is 5.10 Å². The Hall–Kier alpha value is -3.74. The van der Waals surface area contributed by atoms with Crippen LogP contribution in [0.3, 0.4) is 0 Å². The van der Waals surface area contributed by atoms with Crippen LogP contribution in [-0.2, 0) is 28.0 Å². The van der Waals surface area contributed by atoms with Gasteiger partial charge < -0.3 is 19.7 Å². The zero-order valence-electron chi connectivity index (χ0n) is 23.0. The molecule has 0 bridgehead atoms. The number of aryl methyl sites for hydroxylation is 3. The van der Waals surface area contributed by atoms with Gasteiger partial charge in [-0.25, -0.2) is 18.8 Å². The lowest BCUT2D eigenvalue weighted by Gasteiger charge is -2.23. The molecular formula is C28H34N4O7S. The molecule has 12 heteroatoms. The number of aliphatic hydroxyl groups excluding tert-OH is 1. The molecule has 11 nitrogen and oxygen atoms in total. The highest BCUT2D eigenvalue weighted by Gasteiger charge is 2.35. The summed E-state index contributed by atoms with van der Waals surface area (Å²) < 4.78 is 14.4. The van der Waals surface area contributed by atoms with Crippen molar-refractivity contribution in [3.8, 4) is 10.8 Å². The van der Waals surface area contributed by atoms with Gasteiger partial charge in [-0.3, -0.25) is 9.36 Å². The van der Waals surface area contributed by atoms with Gasteiger partial charge in [0.15, 0.2) is 0 Å². The fraction of sp³-hybridized carbons (Fsp3) is 0.429. The molecule has 0 amide bonds. The van der Waals surface area contributed by atoms with E-state index in [0.717, 1.165) is 36.2 Å². The molecule has 0 radical (unpaired) electrons. The number of carbonyl (C=O) groups is 1. The Kier molecular flexibility index (Phi) is 8.92. The summed E-state index contributed by atoms with van der Waals surface area (Å²) in [6, 6.07) is 9.27. The molecule has 0 unspecified atom stereocenters. The predicted molar refractivity (Wildman–Crippen MR) is 152 cm³/mol. The Balaban J connectivity index is 0.000000461. The molecule has 1 aliphatic heterocycles. The van der Waals surface area contributed by atoms with Gasteiger partial charge in [-0.1, -0.05) is 29.5 Å². The number of carboxylic acids is 1. The molecule has 0 spiro atoms. The summed E-state index contributed by atoms with van der Waals surface area (Å²) >= 11 is 1.28. The number of para-hydroxylation sites is 1. The van der Waals surface area contributed by atoms with Crippen LogP contribution in [-0.4, -0.2) is 61.5 Å². The smallest absolute Gasteiger partial charge is 0.333 e. The maximum absolute atomic E-state index is 13.6. The van der Waals surface area contributed by atoms with E-state index in [-0.39, 0.29) is 12.6 Å². The van der Waals surface area contributed by atoms with E-state index in [0.29, 0.717) is 33.0 Å². The van der Waals surface area contributed by atoms with Crippen molar-refractivity contribution >= 4 is 27.5 Å². The van der Waals surface area contributed by atoms with Crippen LogP contribution in [0.5, 0.6) is 5.75 Å². The Labute approximate surface area is 234 Å². The monoisotopic (exact) mass is 570 g/mol. The fourth-order valence-electron chi connectivity index (χ4n) is 4.55. The Morgan fingerprint density at radius 3 is 2.48 bits per heavy atom. The predicted octanol–water partition coefficient (Wildman–Crippen LogP) is 2.95. The van der Waals surface area contributed by atoms with Gasteiger partial charge in [-0.05, 0) is 57.7 Å². The first kappa shape index (κ1) is 29.2. The average Bonchev–Trinajstić information content (AvgIpc) is 3.57. The topological polar surface area (TPSA) is 138 Å². The van der Waals surface area contributed by atoms with Crippen molar-refractivity contribution in [1.82, 2.24) is 18.9 Å². The molecule has 4 heterocycles. The van der Waals surface area contributed by atoms with Crippen molar-refractivity contribution in [2.45, 2.75) is 58.2 Å². The highest BCUT2D eigenvalue weighted by molar-refractivity contribution is 7.21. The lowest BCUT2D eigenvalue weighted by molar-refractivity contribution is -0.146. The first-order valence-corrected chi connectivity index (χ1v) is 13.8. The molecule has 1 saturated heterocycles. The first-order valence-electron chi connectivity index (χ1n) is 13.0. The number of rotatable bonds is 7. The van der Waals surface area contributed by atoms with Gasteiger partial charge in [-0.15, -0.1) is 0 Å². The third-order valence-corrected chi connectivity index (χ3v) is 8.27. The van der Waals surface area contributed by atoms with Crippen LogP contribution in [0, 0.1) is 6.92 Å². The number of fused-ring (bicyclic) bond motifs is 1. The number of hydrogen-bond donors (Lipinski definition) is 2. The van der Waals surface area contributed by atoms with Crippen molar-refractivity contribution < 1.29 is 24.5 Å². The molecule has 0 atom stereocenters. The summed E-state index contributed by atoms with van der Waals surface area (Å²) in [6.45, 7) is 6.20. The Bertz CT molecular complexity index is 1600. The third-order valence-electron chi connectivity index (χ3n) is 6.97. The van der Waals surface area contributed by atoms with Gasteiger partial charge in [0.05, 0.1) is 18.6 Å². The molecule has 5 rings (SSSR count). The number of aliphatic carboxylic acids is 1. The Morgan fingerprint density at radius 1 is 1.20 bits per heavy atom. The number of aromatic nitrogens is 4. The quantitative estimate of drug-likeness (QED) is 0.346. The average molecular weight is 571 g/mol. The minimum atomic E-state index is -1.73. The molecule has 40 heavy (non-hydrogen) atoms. The van der Waals surface area contributed by atoms with Gasteiger partial charge in [0.1, 0.15) is 21.1 Å². The van der Waals surface area contributed by atoms with E-state index in [1.807, 2.05) is 24.3 Å². The van der Waals surface area contributed by atoms with Crippen molar-refractivity contribution in [2.24, 2.45) is 0 Å². The molecule has 1 fully saturated rings. The van der Waals surface area contributed by atoms with Gasteiger partial charge >= 0.3 is 11.7 Å². The molecular weight excluding hydrogens is 536 g/mol. The molecule has 0 aliphatic carbocycles. The molecule has 3 aromatic heterocycles. The molecule has 1 aliphatic rings. The van der Waals surface area contributed by atoms with E-state index >= 15 is 0 Å². The number of hydrogen-bond acceptors (Lipinski definition) is 8. The van der Waals surface area contributed by atoms with E-state index in [1.54, 1.807) is 37.2 Å². The molecule has 4 aromatic rings. The second-order valence-electron chi connectivity index (χ2n) is 10.0. The van der Waals surface area contributed by atoms with E-state index in [4.69, 9.17) is 14.6 Å². The number of thiophene rings is 1. The molecule has 1 aromatic carbocycles.